The molecule has 0 aliphatic carbocycles. The van der Waals surface area contributed by atoms with E-state index in [0.717, 1.165) is 4.90 Å². The van der Waals surface area contributed by atoms with Crippen molar-refractivity contribution in [2.24, 2.45) is 0 Å². The van der Waals surface area contributed by atoms with Crippen LogP contribution in [-0.2, 0) is 9.53 Å². The SMILES string of the molecule is CC(=O)NC1C(Sc2ccc(N)cc2)OC(CO)C(O)C1O. The number of nitrogens with two attached hydrogens (primary N) is 1. The topological polar surface area (TPSA) is 125 Å². The number of ether oxygens (including phenoxy) is 1. The summed E-state index contributed by atoms with van der Waals surface area (Å²) in [5.41, 5.74) is 5.60. The summed E-state index contributed by atoms with van der Waals surface area (Å²) < 4.78 is 5.62. The van der Waals surface area contributed by atoms with Gasteiger partial charge < -0.3 is 31.1 Å². The first-order valence-electron chi connectivity index (χ1n) is 6.84. The lowest BCUT2D eigenvalue weighted by Crippen LogP contribution is -2.63. The lowest BCUT2D eigenvalue weighted by molar-refractivity contribution is -0.173. The Hall–Kier alpha value is -1.32. The molecule has 122 valence electrons. The predicted molar refractivity (Wildman–Crippen MR) is 82.1 cm³/mol. The van der Waals surface area contributed by atoms with Crippen LogP contribution in [0.2, 0.25) is 0 Å². The zero-order valence-corrected chi connectivity index (χ0v) is 12.9. The van der Waals surface area contributed by atoms with Crippen LogP contribution >= 0.6 is 11.8 Å². The number of amides is 1. The van der Waals surface area contributed by atoms with Crippen molar-refractivity contribution in [1.29, 1.82) is 0 Å². The molecule has 1 aliphatic heterocycles. The lowest BCUT2D eigenvalue weighted by atomic mass is 9.98. The number of carbonyl (C=O) groups is 1. The average Bonchev–Trinajstić information content (AvgIpc) is 2.48. The molecule has 6 N–H and O–H groups in total. The quantitative estimate of drug-likeness (QED) is 0.463. The van der Waals surface area contributed by atoms with Crippen LogP contribution < -0.4 is 11.1 Å². The molecule has 22 heavy (non-hydrogen) atoms. The fraction of sp³-hybridized carbons (Fsp3) is 0.500. The van der Waals surface area contributed by atoms with Crippen LogP contribution in [0.25, 0.3) is 0 Å². The summed E-state index contributed by atoms with van der Waals surface area (Å²) in [6, 6.07) is 6.25. The second kappa shape index (κ2) is 7.30. The van der Waals surface area contributed by atoms with Crippen LogP contribution in [-0.4, -0.2) is 57.6 Å². The highest BCUT2D eigenvalue weighted by Crippen LogP contribution is 2.33. The largest absolute Gasteiger partial charge is 0.399 e. The van der Waals surface area contributed by atoms with Gasteiger partial charge in [-0.15, -0.1) is 0 Å². The van der Waals surface area contributed by atoms with Crippen LogP contribution in [0, 0.1) is 0 Å². The minimum atomic E-state index is -1.27. The number of carbonyl (C=O) groups excluding carboxylic acids is 1. The molecule has 5 unspecified atom stereocenters. The minimum Gasteiger partial charge on any atom is -0.399 e. The third-order valence-corrected chi connectivity index (χ3v) is 4.56. The second-order valence-corrected chi connectivity index (χ2v) is 6.29. The Balaban J connectivity index is 2.18. The molecule has 2 rings (SSSR count). The monoisotopic (exact) mass is 328 g/mol. The summed E-state index contributed by atoms with van der Waals surface area (Å²) in [5, 5.41) is 32.0. The third-order valence-electron chi connectivity index (χ3n) is 3.38. The number of hydrogen-bond acceptors (Lipinski definition) is 7. The zero-order chi connectivity index (χ0) is 16.3. The summed E-state index contributed by atoms with van der Waals surface area (Å²) in [7, 11) is 0. The van der Waals surface area contributed by atoms with Crippen LogP contribution in [0.3, 0.4) is 0 Å². The van der Waals surface area contributed by atoms with Crippen molar-refractivity contribution in [3.63, 3.8) is 0 Å². The molecule has 7 nitrogen and oxygen atoms in total. The molecule has 0 saturated carbocycles. The maximum Gasteiger partial charge on any atom is 0.217 e. The van der Waals surface area contributed by atoms with Crippen LogP contribution in [0.15, 0.2) is 29.2 Å². The van der Waals surface area contributed by atoms with E-state index in [2.05, 4.69) is 5.32 Å². The van der Waals surface area contributed by atoms with E-state index in [0.29, 0.717) is 5.69 Å². The van der Waals surface area contributed by atoms with E-state index in [4.69, 9.17) is 10.5 Å². The Kier molecular flexibility index (Phi) is 5.65. The van der Waals surface area contributed by atoms with Crippen molar-refractivity contribution in [3.8, 4) is 0 Å². The molecular formula is C14H20N2O5S. The summed E-state index contributed by atoms with van der Waals surface area (Å²) >= 11 is 1.27. The summed E-state index contributed by atoms with van der Waals surface area (Å²) in [6.45, 7) is 0.895. The molecule has 0 radical (unpaired) electrons. The second-order valence-electron chi connectivity index (χ2n) is 5.12. The molecule has 8 heteroatoms. The number of nitrogen functional groups attached to an aromatic ring is 1. The van der Waals surface area contributed by atoms with Gasteiger partial charge in [0.1, 0.15) is 23.7 Å². The molecule has 1 heterocycles. The third kappa shape index (κ3) is 3.90. The Labute approximate surface area is 132 Å². The normalized spacial score (nSPS) is 31.7. The van der Waals surface area contributed by atoms with Gasteiger partial charge in [-0.2, -0.15) is 0 Å². The molecule has 1 aromatic carbocycles. The highest BCUT2D eigenvalue weighted by Gasteiger charge is 2.45. The Morgan fingerprint density at radius 2 is 1.95 bits per heavy atom. The number of hydrogen-bond donors (Lipinski definition) is 5. The number of benzene rings is 1. The first kappa shape index (κ1) is 17.0. The van der Waals surface area contributed by atoms with E-state index in [1.165, 1.54) is 18.7 Å². The van der Waals surface area contributed by atoms with Gasteiger partial charge >= 0.3 is 0 Å². The van der Waals surface area contributed by atoms with Gasteiger partial charge in [-0.1, -0.05) is 11.8 Å². The van der Waals surface area contributed by atoms with Gasteiger partial charge in [0.15, 0.2) is 0 Å². The van der Waals surface area contributed by atoms with E-state index in [1.807, 2.05) is 0 Å². The van der Waals surface area contributed by atoms with Crippen molar-refractivity contribution >= 4 is 23.4 Å². The Morgan fingerprint density at radius 1 is 1.32 bits per heavy atom. The standard InChI is InChI=1S/C14H20N2O5S/c1-7(18)16-11-13(20)12(19)10(6-17)21-14(11)22-9-4-2-8(15)3-5-9/h2-5,10-14,17,19-20H,6,15H2,1H3,(H,16,18). The van der Waals surface area contributed by atoms with Gasteiger partial charge in [0.2, 0.25) is 5.91 Å². The van der Waals surface area contributed by atoms with Crippen LogP contribution in [0.5, 0.6) is 0 Å². The van der Waals surface area contributed by atoms with Gasteiger partial charge in [0.25, 0.3) is 0 Å². The van der Waals surface area contributed by atoms with Crippen molar-refractivity contribution in [2.75, 3.05) is 12.3 Å². The van der Waals surface area contributed by atoms with Gasteiger partial charge in [-0.05, 0) is 24.3 Å². The number of rotatable bonds is 4. The summed E-state index contributed by atoms with van der Waals surface area (Å²) in [5.74, 6) is -0.342. The van der Waals surface area contributed by atoms with Gasteiger partial charge in [0, 0.05) is 17.5 Å². The average molecular weight is 328 g/mol. The fourth-order valence-electron chi connectivity index (χ4n) is 2.25. The maximum absolute atomic E-state index is 11.3. The smallest absolute Gasteiger partial charge is 0.217 e. The Bertz CT molecular complexity index is 512. The molecule has 5 atom stereocenters. The van der Waals surface area contributed by atoms with Crippen molar-refractivity contribution < 1.29 is 24.9 Å². The number of anilines is 1. The number of nitrogens with one attached hydrogen (secondary N) is 1. The van der Waals surface area contributed by atoms with E-state index in [1.54, 1.807) is 24.3 Å². The van der Waals surface area contributed by atoms with Crippen LogP contribution in [0.1, 0.15) is 6.92 Å². The Morgan fingerprint density at radius 3 is 2.50 bits per heavy atom. The molecule has 1 aliphatic rings. The minimum absolute atomic E-state index is 0.342. The molecule has 1 aromatic rings. The number of aliphatic hydroxyl groups is 3. The lowest BCUT2D eigenvalue weighted by Gasteiger charge is -2.42. The number of thioether (sulfide) groups is 1. The van der Waals surface area contributed by atoms with E-state index in [9.17, 15) is 20.1 Å². The molecule has 0 bridgehead atoms. The maximum atomic E-state index is 11.3. The molecule has 1 amide bonds. The first-order valence-corrected chi connectivity index (χ1v) is 7.72. The van der Waals surface area contributed by atoms with Crippen LogP contribution in [0.4, 0.5) is 5.69 Å². The van der Waals surface area contributed by atoms with Crippen molar-refractivity contribution in [1.82, 2.24) is 5.32 Å². The van der Waals surface area contributed by atoms with Gasteiger partial charge in [-0.3, -0.25) is 4.79 Å². The van der Waals surface area contributed by atoms with E-state index < -0.39 is 36.4 Å². The molecular weight excluding hydrogens is 308 g/mol. The fourth-order valence-corrected chi connectivity index (χ4v) is 3.39. The number of aliphatic hydroxyl groups excluding tert-OH is 3. The summed E-state index contributed by atoms with van der Waals surface area (Å²) in [4.78, 5) is 12.2. The molecule has 0 spiro atoms. The van der Waals surface area contributed by atoms with Gasteiger partial charge in [-0.25, -0.2) is 0 Å². The van der Waals surface area contributed by atoms with Crippen molar-refractivity contribution in [2.45, 2.75) is 41.6 Å². The summed E-state index contributed by atoms with van der Waals surface area (Å²) in [6.07, 6.45) is -3.42. The highest BCUT2D eigenvalue weighted by atomic mass is 32.2. The molecule has 1 fully saturated rings. The van der Waals surface area contributed by atoms with Gasteiger partial charge in [0.05, 0.1) is 12.6 Å². The zero-order valence-electron chi connectivity index (χ0n) is 12.0. The molecule has 1 saturated heterocycles. The highest BCUT2D eigenvalue weighted by molar-refractivity contribution is 7.99. The van der Waals surface area contributed by atoms with E-state index >= 15 is 0 Å². The predicted octanol–water partition coefficient (Wildman–Crippen LogP) is -0.695. The van der Waals surface area contributed by atoms with Crippen molar-refractivity contribution in [3.05, 3.63) is 24.3 Å². The first-order chi connectivity index (χ1) is 10.4. The van der Waals surface area contributed by atoms with E-state index in [-0.39, 0.29) is 5.91 Å². The molecule has 0 aromatic heterocycles.